The Hall–Kier alpha value is -1.04. The highest BCUT2D eigenvalue weighted by Gasteiger charge is 2.60. The maximum Gasteiger partial charge on any atom is 0.428 e. The third-order valence-electron chi connectivity index (χ3n) is 11.2. The summed E-state index contributed by atoms with van der Waals surface area (Å²) in [5, 5.41) is 10.7. The molecule has 0 saturated heterocycles. The lowest BCUT2D eigenvalue weighted by Crippen LogP contribution is -2.52. The molecule has 3 nitrogen and oxygen atoms in total. The fraction of sp³-hybridized carbons (Fsp3) is 0.897. The first kappa shape index (κ1) is 27.0. The van der Waals surface area contributed by atoms with Gasteiger partial charge in [-0.2, -0.15) is 13.2 Å². The topological polar surface area (TPSA) is 46.5 Å². The molecule has 3 fully saturated rings. The van der Waals surface area contributed by atoms with Gasteiger partial charge in [-0.3, -0.25) is 4.79 Å². The second-order valence-electron chi connectivity index (χ2n) is 13.5. The molecule has 200 valence electrons. The van der Waals surface area contributed by atoms with Crippen molar-refractivity contribution in [2.24, 2.45) is 40.4 Å². The summed E-state index contributed by atoms with van der Waals surface area (Å²) in [6.07, 6.45) is 6.36. The molecule has 4 rings (SSSR count). The van der Waals surface area contributed by atoms with E-state index in [4.69, 9.17) is 4.74 Å². The average Bonchev–Trinajstić information content (AvgIpc) is 3.08. The van der Waals surface area contributed by atoms with Crippen molar-refractivity contribution in [2.45, 2.75) is 123 Å². The molecule has 1 N–H and O–H groups in total. The Bertz CT molecular complexity index is 864. The van der Waals surface area contributed by atoms with Crippen molar-refractivity contribution in [2.75, 3.05) is 0 Å². The van der Waals surface area contributed by atoms with Gasteiger partial charge in [0, 0.05) is 6.92 Å². The van der Waals surface area contributed by atoms with Crippen LogP contribution < -0.4 is 0 Å². The lowest BCUT2D eigenvalue weighted by molar-refractivity contribution is -0.266. The molecule has 9 atom stereocenters. The minimum absolute atomic E-state index is 0.147. The molecular formula is C29H45F3O3. The van der Waals surface area contributed by atoms with Crippen LogP contribution in [0.3, 0.4) is 0 Å². The van der Waals surface area contributed by atoms with Gasteiger partial charge in [0.15, 0.2) is 0 Å². The first-order valence-corrected chi connectivity index (χ1v) is 13.7. The zero-order valence-electron chi connectivity index (χ0n) is 22.4. The Balaban J connectivity index is 1.49. The predicted octanol–water partition coefficient (Wildman–Crippen LogP) is 7.62. The Kier molecular flexibility index (Phi) is 6.77. The molecule has 3 saturated carbocycles. The van der Waals surface area contributed by atoms with Crippen LogP contribution in [0.4, 0.5) is 13.2 Å². The fourth-order valence-corrected chi connectivity index (χ4v) is 9.05. The number of allylic oxidation sites excluding steroid dienone is 1. The number of hydrogen-bond acceptors (Lipinski definition) is 3. The molecule has 6 heteroatoms. The summed E-state index contributed by atoms with van der Waals surface area (Å²) in [6, 6.07) is 0. The molecule has 0 aliphatic heterocycles. The number of fused-ring (bicyclic) bond motifs is 5. The molecule has 4 aliphatic rings. The highest BCUT2D eigenvalue weighted by atomic mass is 19.4. The van der Waals surface area contributed by atoms with E-state index in [0.717, 1.165) is 58.8 Å². The minimum Gasteiger partial charge on any atom is -0.450 e. The molecule has 1 unspecified atom stereocenters. The Morgan fingerprint density at radius 3 is 2.46 bits per heavy atom. The summed E-state index contributed by atoms with van der Waals surface area (Å²) in [5.74, 6) is 1.54. The highest BCUT2D eigenvalue weighted by Crippen LogP contribution is 2.67. The predicted molar refractivity (Wildman–Crippen MR) is 130 cm³/mol. The maximum atomic E-state index is 13.7. The maximum absolute atomic E-state index is 13.7. The van der Waals surface area contributed by atoms with Gasteiger partial charge >= 0.3 is 12.1 Å². The minimum atomic E-state index is -4.58. The van der Waals surface area contributed by atoms with Gasteiger partial charge in [-0.25, -0.2) is 0 Å². The number of aliphatic hydroxyl groups is 1. The van der Waals surface area contributed by atoms with Gasteiger partial charge in [0.1, 0.15) is 0 Å². The van der Waals surface area contributed by atoms with E-state index < -0.39 is 23.3 Å². The summed E-state index contributed by atoms with van der Waals surface area (Å²) in [7, 11) is 0. The van der Waals surface area contributed by atoms with Gasteiger partial charge in [-0.05, 0) is 118 Å². The van der Waals surface area contributed by atoms with Crippen molar-refractivity contribution in [3.05, 3.63) is 11.6 Å². The molecule has 0 aromatic rings. The van der Waals surface area contributed by atoms with Crippen LogP contribution >= 0.6 is 0 Å². The Morgan fingerprint density at radius 1 is 1.14 bits per heavy atom. The first-order valence-electron chi connectivity index (χ1n) is 13.7. The lowest BCUT2D eigenvalue weighted by Gasteiger charge is -2.59. The van der Waals surface area contributed by atoms with E-state index >= 15 is 0 Å². The average molecular weight is 499 g/mol. The summed E-state index contributed by atoms with van der Waals surface area (Å²) >= 11 is 0. The molecular weight excluding hydrogens is 453 g/mol. The van der Waals surface area contributed by atoms with E-state index in [0.29, 0.717) is 30.1 Å². The standard InChI is InChI=1S/C29H45F3O3/c1-18(11-14-28(6,29(30,31)32)35-19(2)33)22-9-10-23-21-8-7-20-17-25(3,34)15-16-26(20,4)24(21)12-13-27(22,23)5/h7,18,21-24,34H,8-17H2,1-6H3/t18-,21+,22?,23+,24+,25+,26+,27-,28+/m1/s1. The molecule has 0 heterocycles. The first-order chi connectivity index (χ1) is 16.0. The number of halogens is 3. The number of rotatable bonds is 5. The molecule has 0 aromatic carbocycles. The number of esters is 1. The van der Waals surface area contributed by atoms with E-state index in [1.807, 2.05) is 6.92 Å². The van der Waals surface area contributed by atoms with Crippen LogP contribution in [0.15, 0.2) is 11.6 Å². The van der Waals surface area contributed by atoms with Crippen LogP contribution in [-0.4, -0.2) is 28.5 Å². The smallest absolute Gasteiger partial charge is 0.428 e. The van der Waals surface area contributed by atoms with Gasteiger partial charge in [0.25, 0.3) is 0 Å². The van der Waals surface area contributed by atoms with Gasteiger partial charge < -0.3 is 9.84 Å². The molecule has 0 bridgehead atoms. The van der Waals surface area contributed by atoms with Gasteiger partial charge in [0.05, 0.1) is 5.60 Å². The van der Waals surface area contributed by atoms with E-state index in [-0.39, 0.29) is 23.2 Å². The van der Waals surface area contributed by atoms with Gasteiger partial charge in [-0.15, -0.1) is 0 Å². The quantitative estimate of drug-likeness (QED) is 0.313. The summed E-state index contributed by atoms with van der Waals surface area (Å²) in [6.45, 7) is 11.0. The van der Waals surface area contributed by atoms with Gasteiger partial charge in [0.2, 0.25) is 5.60 Å². The third-order valence-corrected chi connectivity index (χ3v) is 11.2. The normalized spacial score (nSPS) is 43.8. The molecule has 0 radical (unpaired) electrons. The van der Waals surface area contributed by atoms with Crippen LogP contribution in [0.5, 0.6) is 0 Å². The van der Waals surface area contributed by atoms with Gasteiger partial charge in [-0.1, -0.05) is 32.4 Å². The molecule has 0 amide bonds. The van der Waals surface area contributed by atoms with E-state index in [2.05, 4.69) is 26.8 Å². The second kappa shape index (κ2) is 8.77. The van der Waals surface area contributed by atoms with Crippen molar-refractivity contribution >= 4 is 5.97 Å². The van der Waals surface area contributed by atoms with Crippen molar-refractivity contribution < 1.29 is 27.8 Å². The van der Waals surface area contributed by atoms with Crippen molar-refractivity contribution in [1.82, 2.24) is 0 Å². The van der Waals surface area contributed by atoms with Crippen molar-refractivity contribution in [3.63, 3.8) is 0 Å². The summed E-state index contributed by atoms with van der Waals surface area (Å²) in [4.78, 5) is 11.4. The van der Waals surface area contributed by atoms with E-state index in [1.165, 1.54) is 12.0 Å². The highest BCUT2D eigenvalue weighted by molar-refractivity contribution is 5.66. The molecule has 0 spiro atoms. The number of carbonyl (C=O) groups excluding carboxylic acids is 1. The monoisotopic (exact) mass is 498 g/mol. The second-order valence-corrected chi connectivity index (χ2v) is 13.5. The van der Waals surface area contributed by atoms with E-state index in [9.17, 15) is 23.1 Å². The zero-order chi connectivity index (χ0) is 26.0. The van der Waals surface area contributed by atoms with Crippen molar-refractivity contribution in [3.8, 4) is 0 Å². The van der Waals surface area contributed by atoms with E-state index in [1.54, 1.807) is 0 Å². The van der Waals surface area contributed by atoms with Crippen LogP contribution in [0.1, 0.15) is 106 Å². The number of carbonyl (C=O) groups is 1. The van der Waals surface area contributed by atoms with Crippen LogP contribution in [-0.2, 0) is 9.53 Å². The molecule has 0 aromatic heterocycles. The largest absolute Gasteiger partial charge is 0.450 e. The third kappa shape index (κ3) is 4.59. The summed E-state index contributed by atoms with van der Waals surface area (Å²) < 4.78 is 46.0. The lowest BCUT2D eigenvalue weighted by atomic mass is 9.46. The van der Waals surface area contributed by atoms with Crippen LogP contribution in [0.25, 0.3) is 0 Å². The Morgan fingerprint density at radius 2 is 1.83 bits per heavy atom. The SMILES string of the molecule is CC(=O)O[C@@](C)(CC[C@@H](C)C1CC[C@H]2[C@@H]3CC=C4C[C@@](C)(O)CC[C@]4(C)[C@H]3CC[C@]12C)C(F)(F)F. The van der Waals surface area contributed by atoms with Crippen LogP contribution in [0, 0.1) is 40.4 Å². The fourth-order valence-electron chi connectivity index (χ4n) is 9.05. The molecule has 4 aliphatic carbocycles. The number of alkyl halides is 3. The molecule has 35 heavy (non-hydrogen) atoms. The summed E-state index contributed by atoms with van der Waals surface area (Å²) in [5.41, 5.74) is -1.23. The van der Waals surface area contributed by atoms with Crippen LogP contribution in [0.2, 0.25) is 0 Å². The van der Waals surface area contributed by atoms with Crippen molar-refractivity contribution in [1.29, 1.82) is 0 Å². The number of hydrogen-bond donors (Lipinski definition) is 1. The zero-order valence-corrected chi connectivity index (χ0v) is 22.4. The number of ether oxygens (including phenoxy) is 1. The Labute approximate surface area is 209 Å².